The summed E-state index contributed by atoms with van der Waals surface area (Å²) in [5.74, 6) is -0.420. The number of carbonyl (C=O) groups excluding carboxylic acids is 2. The third-order valence-corrected chi connectivity index (χ3v) is 6.05. The van der Waals surface area contributed by atoms with Crippen LogP contribution >= 0.6 is 11.8 Å². The first-order chi connectivity index (χ1) is 14.3. The van der Waals surface area contributed by atoms with Crippen molar-refractivity contribution in [1.82, 2.24) is 4.90 Å². The number of aryl methyl sites for hydroxylation is 3. The minimum absolute atomic E-state index is 0.0185. The standard InChI is InChI=1S/C23H24N4O2S/c1-5-27-22(29)19(12-20(28)25-18-9-7-6-8-17(18)13-24)30-23(27)26-21-15(3)10-14(2)11-16(21)4/h6-11,19H,5,12H2,1-4H3,(H,25,28). The van der Waals surface area contributed by atoms with E-state index in [1.165, 1.54) is 17.3 Å². The highest BCUT2D eigenvalue weighted by Gasteiger charge is 2.38. The van der Waals surface area contributed by atoms with Crippen LogP contribution in [-0.2, 0) is 9.59 Å². The van der Waals surface area contributed by atoms with E-state index in [4.69, 9.17) is 4.99 Å². The van der Waals surface area contributed by atoms with Crippen LogP contribution in [0.1, 0.15) is 35.6 Å². The third-order valence-electron chi connectivity index (χ3n) is 4.87. The van der Waals surface area contributed by atoms with E-state index in [0.717, 1.165) is 16.8 Å². The van der Waals surface area contributed by atoms with Crippen LogP contribution in [0, 0.1) is 32.1 Å². The Morgan fingerprint density at radius 2 is 1.90 bits per heavy atom. The van der Waals surface area contributed by atoms with Crippen LogP contribution < -0.4 is 5.32 Å². The number of para-hydroxylation sites is 1. The average molecular weight is 421 g/mol. The fraction of sp³-hybridized carbons (Fsp3) is 0.304. The van der Waals surface area contributed by atoms with Crippen molar-refractivity contribution in [2.45, 2.75) is 39.4 Å². The van der Waals surface area contributed by atoms with Gasteiger partial charge in [0.15, 0.2) is 5.17 Å². The molecular weight excluding hydrogens is 396 g/mol. The number of amides is 2. The van der Waals surface area contributed by atoms with Gasteiger partial charge in [0, 0.05) is 13.0 Å². The molecule has 154 valence electrons. The van der Waals surface area contributed by atoms with Gasteiger partial charge in [0.25, 0.3) is 0 Å². The van der Waals surface area contributed by atoms with E-state index in [0.29, 0.717) is 23.0 Å². The summed E-state index contributed by atoms with van der Waals surface area (Å²) in [6.07, 6.45) is 0.0185. The second-order valence-electron chi connectivity index (χ2n) is 7.24. The summed E-state index contributed by atoms with van der Waals surface area (Å²) in [5, 5.41) is 12.0. The molecular formula is C23H24N4O2S. The SMILES string of the molecule is CCN1C(=O)C(CC(=O)Nc2ccccc2C#N)SC1=Nc1c(C)cc(C)cc1C. The van der Waals surface area contributed by atoms with Crippen LogP contribution in [0.4, 0.5) is 11.4 Å². The fourth-order valence-electron chi connectivity index (χ4n) is 3.52. The molecule has 0 aromatic heterocycles. The van der Waals surface area contributed by atoms with Crippen LogP contribution in [0.15, 0.2) is 41.4 Å². The summed E-state index contributed by atoms with van der Waals surface area (Å²) in [5.41, 5.74) is 4.98. The van der Waals surface area contributed by atoms with E-state index in [1.54, 1.807) is 29.2 Å². The Morgan fingerprint density at radius 1 is 1.23 bits per heavy atom. The van der Waals surface area contributed by atoms with E-state index in [9.17, 15) is 14.9 Å². The zero-order valence-corrected chi connectivity index (χ0v) is 18.3. The maximum absolute atomic E-state index is 12.9. The molecule has 1 heterocycles. The molecule has 0 spiro atoms. The van der Waals surface area contributed by atoms with Gasteiger partial charge in [-0.15, -0.1) is 0 Å². The maximum atomic E-state index is 12.9. The molecule has 1 aliphatic rings. The summed E-state index contributed by atoms with van der Waals surface area (Å²) in [7, 11) is 0. The molecule has 2 aromatic carbocycles. The number of nitriles is 1. The number of aliphatic imine (C=N–C) groups is 1. The molecule has 2 aromatic rings. The minimum atomic E-state index is -0.538. The number of nitrogens with zero attached hydrogens (tertiary/aromatic N) is 3. The minimum Gasteiger partial charge on any atom is -0.325 e. The van der Waals surface area contributed by atoms with Crippen molar-refractivity contribution in [3.05, 3.63) is 58.7 Å². The summed E-state index contributed by atoms with van der Waals surface area (Å²) >= 11 is 1.32. The Bertz CT molecular complexity index is 1050. The van der Waals surface area contributed by atoms with Gasteiger partial charge in [-0.25, -0.2) is 4.99 Å². The lowest BCUT2D eigenvalue weighted by atomic mass is 10.1. The van der Waals surface area contributed by atoms with Gasteiger partial charge >= 0.3 is 0 Å². The largest absolute Gasteiger partial charge is 0.325 e. The van der Waals surface area contributed by atoms with Crippen LogP contribution in [0.3, 0.4) is 0 Å². The van der Waals surface area contributed by atoms with Crippen molar-refractivity contribution in [3.63, 3.8) is 0 Å². The zero-order valence-electron chi connectivity index (χ0n) is 17.5. The van der Waals surface area contributed by atoms with Gasteiger partial charge in [-0.2, -0.15) is 5.26 Å². The molecule has 0 aliphatic carbocycles. The average Bonchev–Trinajstić information content (AvgIpc) is 2.99. The summed E-state index contributed by atoms with van der Waals surface area (Å²) in [4.78, 5) is 31.8. The van der Waals surface area contributed by atoms with Gasteiger partial charge in [0.1, 0.15) is 11.3 Å². The lowest BCUT2D eigenvalue weighted by Gasteiger charge is -2.14. The molecule has 1 N–H and O–H groups in total. The van der Waals surface area contributed by atoms with E-state index >= 15 is 0 Å². The number of carbonyl (C=O) groups is 2. The third kappa shape index (κ3) is 4.55. The van der Waals surface area contributed by atoms with E-state index in [-0.39, 0.29) is 18.2 Å². The van der Waals surface area contributed by atoms with Crippen molar-refractivity contribution in [1.29, 1.82) is 5.26 Å². The van der Waals surface area contributed by atoms with Crippen LogP contribution in [0.5, 0.6) is 0 Å². The summed E-state index contributed by atoms with van der Waals surface area (Å²) in [6.45, 7) is 8.45. The predicted octanol–water partition coefficient (Wildman–Crippen LogP) is 4.46. The normalized spacial score (nSPS) is 17.3. The van der Waals surface area contributed by atoms with Gasteiger partial charge in [-0.05, 0) is 51.0 Å². The van der Waals surface area contributed by atoms with Crippen molar-refractivity contribution in [2.75, 3.05) is 11.9 Å². The molecule has 1 atom stereocenters. The second kappa shape index (κ2) is 9.14. The highest BCUT2D eigenvalue weighted by molar-refractivity contribution is 8.15. The summed E-state index contributed by atoms with van der Waals surface area (Å²) in [6, 6.07) is 13.0. The smallest absolute Gasteiger partial charge is 0.242 e. The van der Waals surface area contributed by atoms with Gasteiger partial charge in [0.2, 0.25) is 11.8 Å². The molecule has 0 saturated carbocycles. The number of rotatable bonds is 5. The lowest BCUT2D eigenvalue weighted by Crippen LogP contribution is -2.33. The first-order valence-corrected chi connectivity index (χ1v) is 10.7. The summed E-state index contributed by atoms with van der Waals surface area (Å²) < 4.78 is 0. The molecule has 3 rings (SSSR count). The van der Waals surface area contributed by atoms with Gasteiger partial charge in [-0.1, -0.05) is 41.6 Å². The molecule has 1 fully saturated rings. The van der Waals surface area contributed by atoms with Crippen LogP contribution in [0.25, 0.3) is 0 Å². The first kappa shape index (κ1) is 21.6. The van der Waals surface area contributed by atoms with Crippen molar-refractivity contribution in [3.8, 4) is 6.07 Å². The highest BCUT2D eigenvalue weighted by Crippen LogP contribution is 2.34. The Hall–Kier alpha value is -3.11. The molecule has 30 heavy (non-hydrogen) atoms. The molecule has 2 amide bonds. The van der Waals surface area contributed by atoms with Gasteiger partial charge < -0.3 is 5.32 Å². The highest BCUT2D eigenvalue weighted by atomic mass is 32.2. The number of amidine groups is 1. The van der Waals surface area contributed by atoms with Gasteiger partial charge in [-0.3, -0.25) is 14.5 Å². The number of nitrogens with one attached hydrogen (secondary N) is 1. The van der Waals surface area contributed by atoms with Crippen molar-refractivity contribution >= 4 is 40.1 Å². The Labute approximate surface area is 181 Å². The molecule has 0 bridgehead atoms. The second-order valence-corrected chi connectivity index (χ2v) is 8.41. The first-order valence-electron chi connectivity index (χ1n) is 9.77. The number of benzene rings is 2. The molecule has 1 saturated heterocycles. The molecule has 7 heteroatoms. The topological polar surface area (TPSA) is 85.6 Å². The number of hydrogen-bond acceptors (Lipinski definition) is 5. The number of hydrogen-bond donors (Lipinski definition) is 1. The number of anilines is 1. The quantitative estimate of drug-likeness (QED) is 0.774. The molecule has 1 unspecified atom stereocenters. The molecule has 0 radical (unpaired) electrons. The number of thioether (sulfide) groups is 1. The van der Waals surface area contributed by atoms with Crippen LogP contribution in [-0.4, -0.2) is 33.7 Å². The molecule has 1 aliphatic heterocycles. The van der Waals surface area contributed by atoms with Crippen LogP contribution in [0.2, 0.25) is 0 Å². The van der Waals surface area contributed by atoms with E-state index in [1.807, 2.05) is 27.7 Å². The predicted molar refractivity (Wildman–Crippen MR) is 121 cm³/mol. The van der Waals surface area contributed by atoms with Crippen molar-refractivity contribution in [2.24, 2.45) is 4.99 Å². The van der Waals surface area contributed by atoms with Crippen molar-refractivity contribution < 1.29 is 9.59 Å². The Kier molecular flexibility index (Phi) is 6.58. The lowest BCUT2D eigenvalue weighted by molar-refractivity contribution is -0.128. The maximum Gasteiger partial charge on any atom is 0.242 e. The van der Waals surface area contributed by atoms with E-state index in [2.05, 4.69) is 23.5 Å². The Balaban J connectivity index is 1.79. The Morgan fingerprint density at radius 3 is 2.53 bits per heavy atom. The van der Waals surface area contributed by atoms with E-state index < -0.39 is 5.25 Å². The molecule has 6 nitrogen and oxygen atoms in total. The van der Waals surface area contributed by atoms with Gasteiger partial charge in [0.05, 0.1) is 16.9 Å². The monoisotopic (exact) mass is 420 g/mol. The fourth-order valence-corrected chi connectivity index (χ4v) is 4.73. The zero-order chi connectivity index (χ0) is 21.8.